The Hall–Kier alpha value is -1.88. The Morgan fingerprint density at radius 3 is 2.60 bits per heavy atom. The van der Waals surface area contributed by atoms with Gasteiger partial charge in [-0.05, 0) is 43.5 Å². The van der Waals surface area contributed by atoms with Crippen molar-refractivity contribution in [2.45, 2.75) is 26.2 Å². The van der Waals surface area contributed by atoms with Crippen molar-refractivity contribution in [2.24, 2.45) is 0 Å². The third kappa shape index (κ3) is 2.29. The number of aromatic nitrogens is 2. The Balaban J connectivity index is 1.93. The molecule has 2 aromatic rings. The summed E-state index contributed by atoms with van der Waals surface area (Å²) in [5.74, 6) is 2.45. The molecule has 0 amide bonds. The summed E-state index contributed by atoms with van der Waals surface area (Å²) in [5.41, 5.74) is 3.05. The summed E-state index contributed by atoms with van der Waals surface area (Å²) < 4.78 is 16.1. The standard InChI is InChI=1S/C15H18N2O3/c1-9-6-12(7-10(2)13(9)18-3)15-16-14(17-20-15)11-4-5-19-8-11/h6-7,11H,4-5,8H2,1-3H3/t11-/m0/s1. The minimum Gasteiger partial charge on any atom is -0.496 e. The van der Waals surface area contributed by atoms with E-state index < -0.39 is 0 Å². The summed E-state index contributed by atoms with van der Waals surface area (Å²) >= 11 is 0. The summed E-state index contributed by atoms with van der Waals surface area (Å²) in [6, 6.07) is 4.02. The lowest BCUT2D eigenvalue weighted by Crippen LogP contribution is -1.99. The van der Waals surface area contributed by atoms with E-state index in [9.17, 15) is 0 Å². The van der Waals surface area contributed by atoms with Crippen molar-refractivity contribution in [3.05, 3.63) is 29.1 Å². The average molecular weight is 274 g/mol. The van der Waals surface area contributed by atoms with Gasteiger partial charge in [0.25, 0.3) is 5.89 Å². The van der Waals surface area contributed by atoms with Gasteiger partial charge in [-0.1, -0.05) is 5.16 Å². The Morgan fingerprint density at radius 1 is 1.25 bits per heavy atom. The topological polar surface area (TPSA) is 57.4 Å². The van der Waals surface area contributed by atoms with E-state index in [-0.39, 0.29) is 5.92 Å². The van der Waals surface area contributed by atoms with Gasteiger partial charge in [-0.15, -0.1) is 0 Å². The molecule has 0 spiro atoms. The lowest BCUT2D eigenvalue weighted by molar-refractivity contribution is 0.192. The molecule has 1 aromatic heterocycles. The smallest absolute Gasteiger partial charge is 0.257 e. The highest BCUT2D eigenvalue weighted by molar-refractivity contribution is 5.60. The van der Waals surface area contributed by atoms with Gasteiger partial charge in [-0.2, -0.15) is 4.98 Å². The van der Waals surface area contributed by atoms with E-state index in [1.54, 1.807) is 7.11 Å². The van der Waals surface area contributed by atoms with E-state index in [0.717, 1.165) is 41.3 Å². The molecule has 0 saturated carbocycles. The predicted octanol–water partition coefficient (Wildman–Crippen LogP) is 2.87. The number of rotatable bonds is 3. The van der Waals surface area contributed by atoms with Crippen molar-refractivity contribution in [2.75, 3.05) is 20.3 Å². The molecule has 1 saturated heterocycles. The molecule has 5 nitrogen and oxygen atoms in total. The molecule has 106 valence electrons. The maximum atomic E-state index is 5.39. The monoisotopic (exact) mass is 274 g/mol. The van der Waals surface area contributed by atoms with Crippen molar-refractivity contribution in [3.63, 3.8) is 0 Å². The zero-order chi connectivity index (χ0) is 14.1. The fourth-order valence-corrected chi connectivity index (χ4v) is 2.65. The molecular formula is C15H18N2O3. The first-order valence-corrected chi connectivity index (χ1v) is 6.76. The van der Waals surface area contributed by atoms with Gasteiger partial charge in [0.05, 0.1) is 13.7 Å². The van der Waals surface area contributed by atoms with Crippen molar-refractivity contribution in [1.29, 1.82) is 0 Å². The molecular weight excluding hydrogens is 256 g/mol. The number of nitrogens with zero attached hydrogens (tertiary/aromatic N) is 2. The minimum atomic E-state index is 0.257. The van der Waals surface area contributed by atoms with E-state index >= 15 is 0 Å². The van der Waals surface area contributed by atoms with Crippen LogP contribution in [0.1, 0.15) is 29.3 Å². The van der Waals surface area contributed by atoms with E-state index in [2.05, 4.69) is 10.1 Å². The van der Waals surface area contributed by atoms with Crippen molar-refractivity contribution in [3.8, 4) is 17.2 Å². The molecule has 2 heterocycles. The van der Waals surface area contributed by atoms with Gasteiger partial charge in [0, 0.05) is 18.1 Å². The van der Waals surface area contributed by atoms with Crippen LogP contribution >= 0.6 is 0 Å². The van der Waals surface area contributed by atoms with Crippen molar-refractivity contribution in [1.82, 2.24) is 10.1 Å². The van der Waals surface area contributed by atoms with E-state index in [1.807, 2.05) is 26.0 Å². The largest absolute Gasteiger partial charge is 0.496 e. The Bertz CT molecular complexity index is 592. The minimum absolute atomic E-state index is 0.257. The average Bonchev–Trinajstić information content (AvgIpc) is 3.09. The summed E-state index contributed by atoms with van der Waals surface area (Å²) in [4.78, 5) is 4.50. The van der Waals surface area contributed by atoms with Gasteiger partial charge in [0.1, 0.15) is 5.75 Å². The fraction of sp³-hybridized carbons (Fsp3) is 0.467. The molecule has 0 aliphatic carbocycles. The Labute approximate surface area is 117 Å². The van der Waals surface area contributed by atoms with Gasteiger partial charge < -0.3 is 14.0 Å². The van der Waals surface area contributed by atoms with Crippen LogP contribution in [0.15, 0.2) is 16.7 Å². The molecule has 1 aliphatic heterocycles. The zero-order valence-corrected chi connectivity index (χ0v) is 12.0. The Kier molecular flexibility index (Phi) is 3.44. The molecule has 1 fully saturated rings. The van der Waals surface area contributed by atoms with E-state index in [4.69, 9.17) is 14.0 Å². The number of methoxy groups -OCH3 is 1. The van der Waals surface area contributed by atoms with Crippen LogP contribution in [-0.4, -0.2) is 30.5 Å². The van der Waals surface area contributed by atoms with Gasteiger partial charge in [0.2, 0.25) is 0 Å². The molecule has 1 aromatic carbocycles. The highest BCUT2D eigenvalue weighted by Crippen LogP contribution is 2.30. The first-order valence-electron chi connectivity index (χ1n) is 6.76. The van der Waals surface area contributed by atoms with E-state index in [0.29, 0.717) is 12.5 Å². The molecule has 0 unspecified atom stereocenters. The van der Waals surface area contributed by atoms with Crippen LogP contribution in [0.2, 0.25) is 0 Å². The highest BCUT2D eigenvalue weighted by atomic mass is 16.5. The molecule has 0 bridgehead atoms. The van der Waals surface area contributed by atoms with Crippen LogP contribution in [0, 0.1) is 13.8 Å². The van der Waals surface area contributed by atoms with Crippen LogP contribution in [0.5, 0.6) is 5.75 Å². The molecule has 0 N–H and O–H groups in total. The highest BCUT2D eigenvalue weighted by Gasteiger charge is 2.23. The summed E-state index contributed by atoms with van der Waals surface area (Å²) in [5, 5.41) is 4.08. The SMILES string of the molecule is COc1c(C)cc(-c2nc([C@H]3CCOC3)no2)cc1C. The van der Waals surface area contributed by atoms with Crippen LogP contribution in [0.3, 0.4) is 0 Å². The zero-order valence-electron chi connectivity index (χ0n) is 12.0. The lowest BCUT2D eigenvalue weighted by atomic mass is 10.1. The molecule has 3 rings (SSSR count). The molecule has 1 atom stereocenters. The van der Waals surface area contributed by atoms with Crippen LogP contribution in [0.25, 0.3) is 11.5 Å². The normalized spacial score (nSPS) is 18.4. The van der Waals surface area contributed by atoms with Gasteiger partial charge >= 0.3 is 0 Å². The molecule has 1 aliphatic rings. The second-order valence-electron chi connectivity index (χ2n) is 5.16. The molecule has 20 heavy (non-hydrogen) atoms. The second-order valence-corrected chi connectivity index (χ2v) is 5.16. The Morgan fingerprint density at radius 2 is 2.00 bits per heavy atom. The number of benzene rings is 1. The van der Waals surface area contributed by atoms with Crippen molar-refractivity contribution < 1.29 is 14.0 Å². The van der Waals surface area contributed by atoms with Gasteiger partial charge in [-0.25, -0.2) is 0 Å². The van der Waals surface area contributed by atoms with Gasteiger partial charge in [-0.3, -0.25) is 0 Å². The molecule has 0 radical (unpaired) electrons. The van der Waals surface area contributed by atoms with Gasteiger partial charge in [0.15, 0.2) is 5.82 Å². The fourth-order valence-electron chi connectivity index (χ4n) is 2.65. The number of hydrogen-bond donors (Lipinski definition) is 0. The number of ether oxygens (including phenoxy) is 2. The summed E-state index contributed by atoms with van der Waals surface area (Å²) in [7, 11) is 1.68. The van der Waals surface area contributed by atoms with Crippen LogP contribution in [-0.2, 0) is 4.74 Å². The first-order chi connectivity index (χ1) is 9.69. The summed E-state index contributed by atoms with van der Waals surface area (Å²) in [6.45, 7) is 5.48. The summed E-state index contributed by atoms with van der Waals surface area (Å²) in [6.07, 6.45) is 0.958. The third-order valence-corrected chi connectivity index (χ3v) is 3.65. The number of aryl methyl sites for hydroxylation is 2. The maximum absolute atomic E-state index is 5.39. The first kappa shape index (κ1) is 13.1. The van der Waals surface area contributed by atoms with Crippen molar-refractivity contribution >= 4 is 0 Å². The third-order valence-electron chi connectivity index (χ3n) is 3.65. The molecule has 5 heteroatoms. The number of hydrogen-bond acceptors (Lipinski definition) is 5. The van der Waals surface area contributed by atoms with E-state index in [1.165, 1.54) is 0 Å². The maximum Gasteiger partial charge on any atom is 0.257 e. The van der Waals surface area contributed by atoms with Crippen LogP contribution < -0.4 is 4.74 Å². The second kappa shape index (κ2) is 5.25. The quantitative estimate of drug-likeness (QED) is 0.861. The lowest BCUT2D eigenvalue weighted by Gasteiger charge is -2.09. The van der Waals surface area contributed by atoms with Crippen LogP contribution in [0.4, 0.5) is 0 Å². The predicted molar refractivity (Wildman–Crippen MR) is 73.9 cm³/mol.